The molecular weight excluding hydrogens is 320 g/mol. The van der Waals surface area contributed by atoms with E-state index in [-0.39, 0.29) is 5.56 Å². The Bertz CT molecular complexity index is 824. The van der Waals surface area contributed by atoms with Crippen molar-refractivity contribution < 1.29 is 22.4 Å². The van der Waals surface area contributed by atoms with Crippen LogP contribution in [0.5, 0.6) is 5.75 Å². The summed E-state index contributed by atoms with van der Waals surface area (Å²) in [5.41, 5.74) is 0.572. The average molecular weight is 336 g/mol. The van der Waals surface area contributed by atoms with Gasteiger partial charge in [0.15, 0.2) is 0 Å². The maximum atomic E-state index is 12.2. The second-order valence-electron chi connectivity index (χ2n) is 5.40. The predicted molar refractivity (Wildman–Crippen MR) is 82.7 cm³/mol. The van der Waals surface area contributed by atoms with E-state index < -0.39 is 21.0 Å². The summed E-state index contributed by atoms with van der Waals surface area (Å²) >= 11 is 0. The fourth-order valence-electron chi connectivity index (χ4n) is 1.97. The Kier molecular flexibility index (Phi) is 4.10. The van der Waals surface area contributed by atoms with Crippen LogP contribution in [0.2, 0.25) is 0 Å². The largest absolute Gasteiger partial charge is 0.491 e. The molecule has 0 spiro atoms. The van der Waals surface area contributed by atoms with Gasteiger partial charge in [0, 0.05) is 6.07 Å². The van der Waals surface area contributed by atoms with E-state index >= 15 is 0 Å². The van der Waals surface area contributed by atoms with Gasteiger partial charge >= 0.3 is 0 Å². The number of primary sulfonamides is 1. The Balaban J connectivity index is 1.73. The number of rotatable bonds is 6. The van der Waals surface area contributed by atoms with Crippen LogP contribution in [0.4, 0.5) is 5.69 Å². The molecule has 1 aliphatic carbocycles. The summed E-state index contributed by atoms with van der Waals surface area (Å²) in [4.78, 5) is 12.2. The molecule has 1 amide bonds. The van der Waals surface area contributed by atoms with Gasteiger partial charge in [0.05, 0.1) is 17.9 Å². The molecule has 1 aromatic carbocycles. The summed E-state index contributed by atoms with van der Waals surface area (Å²) in [6.45, 7) is 0.619. The fraction of sp³-hybridized carbons (Fsp3) is 0.267. The first-order chi connectivity index (χ1) is 10.9. The zero-order chi connectivity index (χ0) is 16.4. The van der Waals surface area contributed by atoms with Crippen molar-refractivity contribution in [2.24, 2.45) is 11.1 Å². The molecule has 0 aliphatic heterocycles. The van der Waals surface area contributed by atoms with Gasteiger partial charge in [-0.25, -0.2) is 13.6 Å². The summed E-state index contributed by atoms with van der Waals surface area (Å²) in [7, 11) is -3.98. The Morgan fingerprint density at radius 2 is 2.09 bits per heavy atom. The third-order valence-electron chi connectivity index (χ3n) is 3.42. The summed E-state index contributed by atoms with van der Waals surface area (Å²) in [5.74, 6) is 0.652. The first kappa shape index (κ1) is 15.6. The summed E-state index contributed by atoms with van der Waals surface area (Å²) < 4.78 is 32.8. The normalized spacial score (nSPS) is 14.5. The zero-order valence-corrected chi connectivity index (χ0v) is 13.0. The van der Waals surface area contributed by atoms with Crippen LogP contribution < -0.4 is 15.2 Å². The standard InChI is InChI=1S/C15H16N2O5S/c16-23(19,20)14-7-11(9-22-14)15(18)17-12-3-1-2-4-13(12)21-8-10-5-6-10/h1-4,7,9-10H,5-6,8H2,(H,17,18)(H2,16,19,20). The molecule has 0 saturated heterocycles. The molecule has 122 valence electrons. The lowest BCUT2D eigenvalue weighted by atomic mass is 10.2. The number of para-hydroxylation sites is 2. The van der Waals surface area contributed by atoms with Crippen LogP contribution in [0.15, 0.2) is 46.1 Å². The Labute approximate surface area is 133 Å². The number of carbonyl (C=O) groups excluding carboxylic acids is 1. The molecule has 23 heavy (non-hydrogen) atoms. The molecule has 1 saturated carbocycles. The van der Waals surface area contributed by atoms with Gasteiger partial charge in [-0.2, -0.15) is 0 Å². The number of hydrogen-bond acceptors (Lipinski definition) is 5. The number of furan rings is 1. The van der Waals surface area contributed by atoms with Gasteiger partial charge in [-0.3, -0.25) is 4.79 Å². The maximum absolute atomic E-state index is 12.2. The number of nitrogens with two attached hydrogens (primary N) is 1. The SMILES string of the molecule is NS(=O)(=O)c1cc(C(=O)Nc2ccccc2OCC2CC2)co1. The van der Waals surface area contributed by atoms with Crippen molar-refractivity contribution in [3.05, 3.63) is 42.2 Å². The number of sulfonamides is 1. The van der Waals surface area contributed by atoms with E-state index in [9.17, 15) is 13.2 Å². The van der Waals surface area contributed by atoms with Crippen LogP contribution in [0.1, 0.15) is 23.2 Å². The highest BCUT2D eigenvalue weighted by Gasteiger charge is 2.23. The minimum absolute atomic E-state index is 0.0611. The van der Waals surface area contributed by atoms with Gasteiger partial charge in [-0.05, 0) is 30.9 Å². The van der Waals surface area contributed by atoms with Crippen molar-refractivity contribution in [1.29, 1.82) is 0 Å². The summed E-state index contributed by atoms with van der Waals surface area (Å²) in [6, 6.07) is 8.14. The number of nitrogens with one attached hydrogen (secondary N) is 1. The lowest BCUT2D eigenvalue weighted by molar-refractivity contribution is 0.102. The average Bonchev–Trinajstić information content (AvgIpc) is 3.18. The second kappa shape index (κ2) is 6.05. The van der Waals surface area contributed by atoms with Crippen molar-refractivity contribution in [2.45, 2.75) is 17.9 Å². The van der Waals surface area contributed by atoms with Gasteiger partial charge in [-0.15, -0.1) is 0 Å². The van der Waals surface area contributed by atoms with E-state index in [0.717, 1.165) is 12.3 Å². The van der Waals surface area contributed by atoms with Crippen LogP contribution in [0.3, 0.4) is 0 Å². The lowest BCUT2D eigenvalue weighted by Crippen LogP contribution is -2.13. The van der Waals surface area contributed by atoms with E-state index in [1.807, 2.05) is 6.07 Å². The second-order valence-corrected chi connectivity index (χ2v) is 6.90. The first-order valence-electron chi connectivity index (χ1n) is 7.08. The monoisotopic (exact) mass is 336 g/mol. The third-order valence-corrected chi connectivity index (χ3v) is 4.20. The van der Waals surface area contributed by atoms with Crippen LogP contribution in [-0.2, 0) is 10.0 Å². The highest BCUT2D eigenvalue weighted by Crippen LogP contribution is 2.31. The van der Waals surface area contributed by atoms with Crippen molar-refractivity contribution >= 4 is 21.6 Å². The van der Waals surface area contributed by atoms with E-state index in [0.29, 0.717) is 24.0 Å². The highest BCUT2D eigenvalue weighted by molar-refractivity contribution is 7.89. The van der Waals surface area contributed by atoms with E-state index in [4.69, 9.17) is 14.3 Å². The molecule has 1 heterocycles. The Morgan fingerprint density at radius 3 is 2.74 bits per heavy atom. The van der Waals surface area contributed by atoms with Crippen LogP contribution in [0.25, 0.3) is 0 Å². The summed E-state index contributed by atoms with van der Waals surface area (Å²) in [6.07, 6.45) is 3.38. The minimum Gasteiger partial charge on any atom is -0.491 e. The quantitative estimate of drug-likeness (QED) is 0.837. The van der Waals surface area contributed by atoms with Crippen LogP contribution >= 0.6 is 0 Å². The number of benzene rings is 1. The molecular formula is C15H16N2O5S. The molecule has 8 heteroatoms. The number of ether oxygens (including phenoxy) is 1. The summed E-state index contributed by atoms with van der Waals surface area (Å²) in [5, 5.41) is 7.17. The lowest BCUT2D eigenvalue weighted by Gasteiger charge is -2.11. The molecule has 1 fully saturated rings. The number of carbonyl (C=O) groups is 1. The van der Waals surface area contributed by atoms with Gasteiger partial charge in [0.2, 0.25) is 5.09 Å². The van der Waals surface area contributed by atoms with Gasteiger partial charge in [0.25, 0.3) is 15.9 Å². The molecule has 0 bridgehead atoms. The molecule has 0 unspecified atom stereocenters. The number of amides is 1. The van der Waals surface area contributed by atoms with Gasteiger partial charge in [0.1, 0.15) is 12.0 Å². The molecule has 0 atom stereocenters. The third kappa shape index (κ3) is 3.91. The van der Waals surface area contributed by atoms with E-state index in [2.05, 4.69) is 5.32 Å². The van der Waals surface area contributed by atoms with Crippen molar-refractivity contribution in [2.75, 3.05) is 11.9 Å². The van der Waals surface area contributed by atoms with Gasteiger partial charge in [-0.1, -0.05) is 12.1 Å². The predicted octanol–water partition coefficient (Wildman–Crippen LogP) is 1.97. The van der Waals surface area contributed by atoms with Crippen molar-refractivity contribution in [3.63, 3.8) is 0 Å². The number of anilines is 1. The fourth-order valence-corrected chi connectivity index (χ4v) is 2.44. The van der Waals surface area contributed by atoms with Crippen molar-refractivity contribution in [1.82, 2.24) is 0 Å². The topological polar surface area (TPSA) is 112 Å². The van der Waals surface area contributed by atoms with Gasteiger partial charge < -0.3 is 14.5 Å². The minimum atomic E-state index is -3.98. The smallest absolute Gasteiger partial charge is 0.271 e. The highest BCUT2D eigenvalue weighted by atomic mass is 32.2. The molecule has 1 aliphatic rings. The van der Waals surface area contributed by atoms with Crippen LogP contribution in [-0.4, -0.2) is 20.9 Å². The molecule has 1 aromatic heterocycles. The maximum Gasteiger partial charge on any atom is 0.271 e. The van der Waals surface area contributed by atoms with Crippen LogP contribution in [0, 0.1) is 5.92 Å². The van der Waals surface area contributed by atoms with Crippen molar-refractivity contribution in [3.8, 4) is 5.75 Å². The van der Waals surface area contributed by atoms with E-state index in [1.165, 1.54) is 12.8 Å². The molecule has 2 aromatic rings. The Morgan fingerprint density at radius 1 is 1.35 bits per heavy atom. The zero-order valence-electron chi connectivity index (χ0n) is 12.2. The molecule has 3 rings (SSSR count). The molecule has 0 radical (unpaired) electrons. The number of hydrogen-bond donors (Lipinski definition) is 2. The molecule has 7 nitrogen and oxygen atoms in total. The Hall–Kier alpha value is -2.32. The first-order valence-corrected chi connectivity index (χ1v) is 8.62. The van der Waals surface area contributed by atoms with E-state index in [1.54, 1.807) is 18.2 Å². The molecule has 3 N–H and O–H groups in total.